The molecule has 0 saturated carbocycles. The van der Waals surface area contributed by atoms with Crippen LogP contribution in [0.15, 0.2) is 12.1 Å². The highest BCUT2D eigenvalue weighted by atomic mass is 127. The number of nitrogens with two attached hydrogens (primary N) is 1. The maximum atomic E-state index is 12.4. The second kappa shape index (κ2) is 5.63. The number of hydrogen-bond acceptors (Lipinski definition) is 3. The van der Waals surface area contributed by atoms with Crippen LogP contribution in [0.25, 0.3) is 0 Å². The number of ether oxygens (including phenoxy) is 1. The van der Waals surface area contributed by atoms with E-state index in [1.165, 1.54) is 0 Å². The Kier molecular flexibility index (Phi) is 4.34. The summed E-state index contributed by atoms with van der Waals surface area (Å²) in [5, 5.41) is 0.559. The van der Waals surface area contributed by atoms with Crippen LogP contribution < -0.4 is 10.5 Å². The normalized spacial score (nSPS) is 19.1. The molecule has 0 spiro atoms. The van der Waals surface area contributed by atoms with E-state index in [0.29, 0.717) is 29.4 Å². The SMILES string of the molecule is COc1cc(I)c(Cl)cc1C(=O)N1CC[C@@H](N)C1. The number of carbonyl (C=O) groups excluding carboxylic acids is 1. The number of benzene rings is 1. The van der Waals surface area contributed by atoms with E-state index >= 15 is 0 Å². The van der Waals surface area contributed by atoms with E-state index in [0.717, 1.165) is 9.99 Å². The molecule has 2 rings (SSSR count). The highest BCUT2D eigenvalue weighted by Crippen LogP contribution is 2.29. The standard InChI is InChI=1S/C12H14ClIN2O2/c1-18-11-5-10(14)9(13)4-8(11)12(17)16-3-2-7(15)6-16/h4-5,7H,2-3,6,15H2,1H3/t7-/m1/s1. The zero-order valence-electron chi connectivity index (χ0n) is 9.95. The molecule has 1 aromatic rings. The summed E-state index contributed by atoms with van der Waals surface area (Å²) in [5.41, 5.74) is 6.31. The lowest BCUT2D eigenvalue weighted by Gasteiger charge is -2.18. The Morgan fingerprint density at radius 2 is 2.33 bits per heavy atom. The predicted octanol–water partition coefficient (Wildman–Crippen LogP) is 2.13. The predicted molar refractivity (Wildman–Crippen MR) is 79.2 cm³/mol. The fourth-order valence-electron chi connectivity index (χ4n) is 2.01. The Bertz CT molecular complexity index is 481. The number of methoxy groups -OCH3 is 1. The lowest BCUT2D eigenvalue weighted by molar-refractivity contribution is 0.0787. The van der Waals surface area contributed by atoms with E-state index in [4.69, 9.17) is 22.1 Å². The fraction of sp³-hybridized carbons (Fsp3) is 0.417. The van der Waals surface area contributed by atoms with Crippen molar-refractivity contribution in [1.29, 1.82) is 0 Å². The van der Waals surface area contributed by atoms with Crippen molar-refractivity contribution in [2.24, 2.45) is 5.73 Å². The van der Waals surface area contributed by atoms with Gasteiger partial charge in [0.25, 0.3) is 5.91 Å². The number of likely N-dealkylation sites (tertiary alicyclic amines) is 1. The van der Waals surface area contributed by atoms with Crippen molar-refractivity contribution in [2.45, 2.75) is 12.5 Å². The van der Waals surface area contributed by atoms with Gasteiger partial charge in [0.2, 0.25) is 0 Å². The molecule has 18 heavy (non-hydrogen) atoms. The average Bonchev–Trinajstić information content (AvgIpc) is 2.78. The average molecular weight is 381 g/mol. The zero-order chi connectivity index (χ0) is 13.3. The molecule has 98 valence electrons. The van der Waals surface area contributed by atoms with Crippen LogP contribution in [0.2, 0.25) is 5.02 Å². The second-order valence-electron chi connectivity index (χ2n) is 4.27. The van der Waals surface area contributed by atoms with Gasteiger partial charge in [-0.25, -0.2) is 0 Å². The molecular formula is C12H14ClIN2O2. The van der Waals surface area contributed by atoms with Gasteiger partial charge in [-0.15, -0.1) is 0 Å². The summed E-state index contributed by atoms with van der Waals surface area (Å²) in [6.45, 7) is 1.28. The van der Waals surface area contributed by atoms with Crippen LogP contribution >= 0.6 is 34.2 Å². The summed E-state index contributed by atoms with van der Waals surface area (Å²) in [7, 11) is 1.55. The van der Waals surface area contributed by atoms with Crippen molar-refractivity contribution in [2.75, 3.05) is 20.2 Å². The third-order valence-corrected chi connectivity index (χ3v) is 4.51. The maximum absolute atomic E-state index is 12.4. The second-order valence-corrected chi connectivity index (χ2v) is 5.84. The molecule has 6 heteroatoms. The highest BCUT2D eigenvalue weighted by molar-refractivity contribution is 14.1. The van der Waals surface area contributed by atoms with Crippen molar-refractivity contribution < 1.29 is 9.53 Å². The summed E-state index contributed by atoms with van der Waals surface area (Å²) in [5.74, 6) is 0.479. The Hall–Kier alpha value is -0.530. The molecule has 0 unspecified atom stereocenters. The number of amides is 1. The number of hydrogen-bond donors (Lipinski definition) is 1. The van der Waals surface area contributed by atoms with Gasteiger partial charge in [0.15, 0.2) is 0 Å². The molecule has 1 aliphatic rings. The van der Waals surface area contributed by atoms with Gasteiger partial charge in [-0.1, -0.05) is 11.6 Å². The summed E-state index contributed by atoms with van der Waals surface area (Å²) in [6, 6.07) is 3.50. The van der Waals surface area contributed by atoms with Gasteiger partial charge in [0, 0.05) is 22.7 Å². The first kappa shape index (κ1) is 13.9. The summed E-state index contributed by atoms with van der Waals surface area (Å²) in [4.78, 5) is 14.1. The number of halogens is 2. The largest absolute Gasteiger partial charge is 0.496 e. The quantitative estimate of drug-likeness (QED) is 0.800. The van der Waals surface area contributed by atoms with Crippen molar-refractivity contribution in [3.63, 3.8) is 0 Å². The minimum Gasteiger partial charge on any atom is -0.496 e. The zero-order valence-corrected chi connectivity index (χ0v) is 12.9. The number of nitrogens with zero attached hydrogens (tertiary/aromatic N) is 1. The van der Waals surface area contributed by atoms with E-state index in [1.54, 1.807) is 24.1 Å². The lowest BCUT2D eigenvalue weighted by Crippen LogP contribution is -2.32. The fourth-order valence-corrected chi connectivity index (χ4v) is 2.61. The van der Waals surface area contributed by atoms with Crippen molar-refractivity contribution in [1.82, 2.24) is 4.90 Å². The minimum absolute atomic E-state index is 0.0688. The first-order chi connectivity index (χ1) is 8.52. The first-order valence-electron chi connectivity index (χ1n) is 5.61. The number of carbonyl (C=O) groups is 1. The van der Waals surface area contributed by atoms with Crippen molar-refractivity contribution in [3.8, 4) is 5.75 Å². The first-order valence-corrected chi connectivity index (χ1v) is 7.06. The van der Waals surface area contributed by atoms with E-state index in [9.17, 15) is 4.79 Å². The van der Waals surface area contributed by atoms with Crippen LogP contribution in [0.1, 0.15) is 16.8 Å². The van der Waals surface area contributed by atoms with Crippen LogP contribution in [-0.2, 0) is 0 Å². The topological polar surface area (TPSA) is 55.6 Å². The monoisotopic (exact) mass is 380 g/mol. The third kappa shape index (κ3) is 2.73. The molecule has 1 amide bonds. The van der Waals surface area contributed by atoms with Crippen LogP contribution in [0.5, 0.6) is 5.75 Å². The summed E-state index contributed by atoms with van der Waals surface area (Å²) < 4.78 is 6.11. The lowest BCUT2D eigenvalue weighted by atomic mass is 10.1. The molecule has 1 atom stereocenters. The Morgan fingerprint density at radius 1 is 1.61 bits per heavy atom. The molecule has 1 aliphatic heterocycles. The van der Waals surface area contributed by atoms with Crippen LogP contribution in [-0.4, -0.2) is 37.0 Å². The molecule has 0 radical (unpaired) electrons. The molecule has 4 nitrogen and oxygen atoms in total. The Morgan fingerprint density at radius 3 is 2.89 bits per heavy atom. The maximum Gasteiger partial charge on any atom is 0.257 e. The van der Waals surface area contributed by atoms with Crippen molar-refractivity contribution >= 4 is 40.1 Å². The van der Waals surface area contributed by atoms with Gasteiger partial charge in [-0.3, -0.25) is 4.79 Å². The number of rotatable bonds is 2. The minimum atomic E-state index is -0.0712. The van der Waals surface area contributed by atoms with E-state index < -0.39 is 0 Å². The molecule has 0 bridgehead atoms. The summed E-state index contributed by atoms with van der Waals surface area (Å²) >= 11 is 8.17. The summed E-state index contributed by atoms with van der Waals surface area (Å²) in [6.07, 6.45) is 0.839. The van der Waals surface area contributed by atoms with E-state index in [1.807, 2.05) is 0 Å². The van der Waals surface area contributed by atoms with Gasteiger partial charge < -0.3 is 15.4 Å². The van der Waals surface area contributed by atoms with Crippen molar-refractivity contribution in [3.05, 3.63) is 26.3 Å². The third-order valence-electron chi connectivity index (χ3n) is 2.98. The van der Waals surface area contributed by atoms with Crippen LogP contribution in [0, 0.1) is 3.57 Å². The van der Waals surface area contributed by atoms with Gasteiger partial charge in [-0.05, 0) is 41.1 Å². The van der Waals surface area contributed by atoms with Crippen LogP contribution in [0.3, 0.4) is 0 Å². The molecule has 1 heterocycles. The Labute approximate surface area is 125 Å². The van der Waals surface area contributed by atoms with E-state index in [-0.39, 0.29) is 11.9 Å². The molecule has 0 aromatic heterocycles. The van der Waals surface area contributed by atoms with Gasteiger partial charge >= 0.3 is 0 Å². The smallest absolute Gasteiger partial charge is 0.257 e. The van der Waals surface area contributed by atoms with Gasteiger partial charge in [0.05, 0.1) is 17.7 Å². The van der Waals surface area contributed by atoms with Crippen LogP contribution in [0.4, 0.5) is 0 Å². The Balaban J connectivity index is 2.32. The molecule has 2 N–H and O–H groups in total. The molecule has 1 saturated heterocycles. The van der Waals surface area contributed by atoms with Gasteiger partial charge in [-0.2, -0.15) is 0 Å². The van der Waals surface area contributed by atoms with Gasteiger partial charge in [0.1, 0.15) is 5.75 Å². The van der Waals surface area contributed by atoms with E-state index in [2.05, 4.69) is 22.6 Å². The molecular weight excluding hydrogens is 367 g/mol. The highest BCUT2D eigenvalue weighted by Gasteiger charge is 2.27. The molecule has 1 fully saturated rings. The molecule has 1 aromatic carbocycles. The molecule has 0 aliphatic carbocycles.